The predicted octanol–water partition coefficient (Wildman–Crippen LogP) is 8.00. The Morgan fingerprint density at radius 3 is 0.345 bits per heavy atom. The van der Waals surface area contributed by atoms with Crippen molar-refractivity contribution in [2.45, 2.75) is 118 Å². The van der Waals surface area contributed by atoms with Crippen molar-refractivity contribution in [1.82, 2.24) is 0 Å². The molecule has 0 aliphatic heterocycles. The van der Waals surface area contributed by atoms with Gasteiger partial charge in [-0.3, -0.25) is 0 Å². The first-order valence-electron chi connectivity index (χ1n) is 10.5. The zero-order valence-corrected chi connectivity index (χ0v) is 37.5. The second kappa shape index (κ2) is 13.8. The fraction of sp³-hybridized carbons (Fsp3) is 0.900. The average molecular weight is 673 g/mol. The smallest absolute Gasteiger partial charge is 0 e. The first kappa shape index (κ1) is 42.2. The summed E-state index contributed by atoms with van der Waals surface area (Å²) >= 11 is 0. The molecule has 2 radical (unpaired) electrons. The molecule has 9 heteroatoms. The Balaban J connectivity index is -0.000000120. The zero-order valence-electron chi connectivity index (χ0n) is 23.8. The maximum Gasteiger partial charge on any atom is 0 e. The van der Waals surface area contributed by atoms with Crippen LogP contribution in [0.1, 0.15) is 0 Å². The van der Waals surface area contributed by atoms with Crippen molar-refractivity contribution in [2.24, 2.45) is 0 Å². The molecule has 29 heavy (non-hydrogen) atoms. The van der Waals surface area contributed by atoms with E-state index < -0.39 is 48.4 Å². The first-order valence-corrected chi connectivity index (χ1v) is 31.5. The third kappa shape index (κ3) is 17.2. The summed E-state index contributed by atoms with van der Waals surface area (Å²) in [6, 6.07) is 0. The standard InChI is InChI=1S/2C10H27Si3.Se.2Zn/c2*1-11(2,3)10(12(4,5)6)13(7,8)9;;;/h2*1-9H3;;;/q2*-1;;;. The number of hydrogen-bond donors (Lipinski definition) is 0. The second-order valence-corrected chi connectivity index (χ2v) is 47.2. The molecule has 0 heterocycles. The van der Waals surface area contributed by atoms with Crippen molar-refractivity contribution in [3.63, 3.8) is 0 Å². The molecular weight excluding hydrogens is 618 g/mol. The second-order valence-electron chi connectivity index (χ2n) is 14.2. The van der Waals surface area contributed by atoms with E-state index in [1.54, 1.807) is 0 Å². The van der Waals surface area contributed by atoms with Crippen LogP contribution in [-0.2, 0) is 39.0 Å². The van der Waals surface area contributed by atoms with Gasteiger partial charge >= 0.3 is 0 Å². The first-order chi connectivity index (χ1) is 10.7. The Labute approximate surface area is 229 Å². The summed E-state index contributed by atoms with van der Waals surface area (Å²) < 4.78 is 0. The van der Waals surface area contributed by atoms with Gasteiger partial charge in [0.25, 0.3) is 0 Å². The molecule has 0 aromatic carbocycles. The van der Waals surface area contributed by atoms with Gasteiger partial charge in [-0.2, -0.15) is 0 Å². The van der Waals surface area contributed by atoms with Gasteiger partial charge in [-0.25, -0.2) is 0 Å². The molecule has 0 bridgehead atoms. The quantitative estimate of drug-likeness (QED) is 0.198. The van der Waals surface area contributed by atoms with Gasteiger partial charge in [0.2, 0.25) is 0 Å². The molecule has 0 aliphatic carbocycles. The SMILES string of the molecule is C[Si](C)(C)[C-]([Si](C)(C)C)[Si](C)(C)C.C[Si](C)(C)[C-]([Si](C)(C)C)[Si](C)(C)C.[Se].[Zn].[Zn]. The van der Waals surface area contributed by atoms with E-state index in [1.165, 1.54) is 0 Å². The van der Waals surface area contributed by atoms with Crippen molar-refractivity contribution in [2.75, 3.05) is 0 Å². The summed E-state index contributed by atoms with van der Waals surface area (Å²) in [6.45, 7) is 45.5. The maximum atomic E-state index is 2.53. The minimum absolute atomic E-state index is 0. The van der Waals surface area contributed by atoms with Gasteiger partial charge in [0.15, 0.2) is 0 Å². The van der Waals surface area contributed by atoms with Crippen LogP contribution in [0.25, 0.3) is 0 Å². The monoisotopic (exact) mass is 670 g/mol. The topological polar surface area (TPSA) is 0 Å². The van der Waals surface area contributed by atoms with Gasteiger partial charge in [0, 0.05) is 56.0 Å². The van der Waals surface area contributed by atoms with E-state index in [0.717, 1.165) is 0 Å². The minimum atomic E-state index is -1.02. The van der Waals surface area contributed by atoms with Crippen LogP contribution in [0, 0.1) is 9.58 Å². The van der Waals surface area contributed by atoms with Gasteiger partial charge in [0.1, 0.15) is 0 Å². The summed E-state index contributed by atoms with van der Waals surface area (Å²) in [5.74, 6) is 0. The largest absolute Gasteiger partial charge is 0.311 e. The van der Waals surface area contributed by atoms with Crippen LogP contribution in [-0.4, -0.2) is 65.5 Å². The van der Waals surface area contributed by atoms with Crippen molar-refractivity contribution in [1.29, 1.82) is 0 Å². The summed E-state index contributed by atoms with van der Waals surface area (Å²) in [4.78, 5) is 4.12. The molecule has 0 atom stereocenters. The van der Waals surface area contributed by atoms with Gasteiger partial charge in [-0.05, 0) is 0 Å². The average Bonchev–Trinajstić information content (AvgIpc) is 1.97. The van der Waals surface area contributed by atoms with Crippen LogP contribution >= 0.6 is 0 Å². The van der Waals surface area contributed by atoms with Crippen LogP contribution in [0.5, 0.6) is 0 Å². The third-order valence-electron chi connectivity index (χ3n) is 4.50. The number of rotatable bonds is 6. The minimum Gasteiger partial charge on any atom is -0.311 e. The molecule has 0 nitrogen and oxygen atoms in total. The van der Waals surface area contributed by atoms with Crippen LogP contribution in [0.3, 0.4) is 0 Å². The molecule has 0 aromatic heterocycles. The van der Waals surface area contributed by atoms with E-state index in [-0.39, 0.29) is 56.0 Å². The van der Waals surface area contributed by atoms with Crippen LogP contribution in [0.4, 0.5) is 0 Å². The molecule has 0 rings (SSSR count). The fourth-order valence-electron chi connectivity index (χ4n) is 6.75. The van der Waals surface area contributed by atoms with E-state index in [2.05, 4.69) is 127 Å². The molecule has 170 valence electrons. The molecule has 0 spiro atoms. The van der Waals surface area contributed by atoms with Crippen molar-refractivity contribution >= 4 is 65.5 Å². The molecule has 0 fully saturated rings. The van der Waals surface area contributed by atoms with E-state index in [4.69, 9.17) is 0 Å². The molecule has 0 amide bonds. The Morgan fingerprint density at radius 1 is 0.276 bits per heavy atom. The molecule has 0 N–H and O–H groups in total. The van der Waals surface area contributed by atoms with Crippen molar-refractivity contribution in [3.05, 3.63) is 9.58 Å². The van der Waals surface area contributed by atoms with Crippen LogP contribution in [0.2, 0.25) is 118 Å². The number of hydrogen-bond acceptors (Lipinski definition) is 0. The predicted molar refractivity (Wildman–Crippen MR) is 152 cm³/mol. The molecule has 0 aliphatic rings. The van der Waals surface area contributed by atoms with Gasteiger partial charge in [-0.15, -0.1) is 48.4 Å². The van der Waals surface area contributed by atoms with Gasteiger partial charge in [-0.1, -0.05) is 118 Å². The maximum absolute atomic E-state index is 2.53. The summed E-state index contributed by atoms with van der Waals surface area (Å²) in [7, 11) is -6.10. The Bertz CT molecular complexity index is 324. The van der Waals surface area contributed by atoms with Crippen LogP contribution < -0.4 is 0 Å². The summed E-state index contributed by atoms with van der Waals surface area (Å²) in [5, 5.41) is 0. The van der Waals surface area contributed by atoms with E-state index in [0.29, 0.717) is 0 Å². The Kier molecular flexibility index (Phi) is 20.1. The van der Waals surface area contributed by atoms with Crippen molar-refractivity contribution in [3.8, 4) is 0 Å². The van der Waals surface area contributed by atoms with Crippen LogP contribution in [0.15, 0.2) is 0 Å². The third-order valence-corrected chi connectivity index (χ3v) is 40.5. The molecule has 0 aromatic rings. The Morgan fingerprint density at radius 2 is 0.345 bits per heavy atom. The molecular formula is C20H54SeSi6Zn2-2. The fourth-order valence-corrected chi connectivity index (χ4v) is 60.8. The van der Waals surface area contributed by atoms with Gasteiger partial charge in [0.05, 0.1) is 0 Å². The zero-order chi connectivity index (χ0) is 22.2. The van der Waals surface area contributed by atoms with Gasteiger partial charge < -0.3 is 9.58 Å². The summed E-state index contributed by atoms with van der Waals surface area (Å²) in [5.41, 5.74) is 0. The molecule has 0 unspecified atom stereocenters. The normalized spacial score (nSPS) is 13.7. The molecule has 0 saturated carbocycles. The summed E-state index contributed by atoms with van der Waals surface area (Å²) in [6.07, 6.45) is 0. The molecule has 0 saturated heterocycles. The van der Waals surface area contributed by atoms with E-state index >= 15 is 0 Å². The Hall–Kier alpha value is 3.07. The van der Waals surface area contributed by atoms with E-state index in [1.807, 2.05) is 0 Å². The van der Waals surface area contributed by atoms with Crippen molar-refractivity contribution < 1.29 is 39.0 Å². The van der Waals surface area contributed by atoms with E-state index in [9.17, 15) is 0 Å².